The molecule has 1 atom stereocenters. The second-order valence-electron chi connectivity index (χ2n) is 3.77. The second-order valence-corrected chi connectivity index (χ2v) is 3.77. The molecule has 0 aliphatic rings. The van der Waals surface area contributed by atoms with Crippen LogP contribution in [0.3, 0.4) is 0 Å². The lowest BCUT2D eigenvalue weighted by Crippen LogP contribution is -2.41. The van der Waals surface area contributed by atoms with Crippen LogP contribution in [0.15, 0.2) is 0 Å². The van der Waals surface area contributed by atoms with E-state index < -0.39 is 0 Å². The van der Waals surface area contributed by atoms with Crippen LogP contribution >= 0.6 is 0 Å². The average molecular weight is 214 g/mol. The van der Waals surface area contributed by atoms with Crippen molar-refractivity contribution in [3.63, 3.8) is 0 Å². The summed E-state index contributed by atoms with van der Waals surface area (Å²) in [5.41, 5.74) is 0. The Morgan fingerprint density at radius 2 is 1.60 bits per heavy atom. The summed E-state index contributed by atoms with van der Waals surface area (Å²) in [5, 5.41) is 5.60. The zero-order chi connectivity index (χ0) is 11.7. The van der Waals surface area contributed by atoms with Crippen LogP contribution in [0.25, 0.3) is 0 Å². The fraction of sp³-hybridized carbons (Fsp3) is 0.818. The van der Waals surface area contributed by atoms with Gasteiger partial charge in [-0.2, -0.15) is 0 Å². The van der Waals surface area contributed by atoms with Crippen molar-refractivity contribution in [1.82, 2.24) is 10.6 Å². The van der Waals surface area contributed by atoms with Crippen molar-refractivity contribution < 1.29 is 9.59 Å². The van der Waals surface area contributed by atoms with Gasteiger partial charge in [-0.05, 0) is 19.8 Å². The number of hydrogen-bond donors (Lipinski definition) is 2. The van der Waals surface area contributed by atoms with Gasteiger partial charge >= 0.3 is 0 Å². The zero-order valence-electron chi connectivity index (χ0n) is 9.93. The largest absolute Gasteiger partial charge is 0.354 e. The van der Waals surface area contributed by atoms with Gasteiger partial charge in [-0.25, -0.2) is 0 Å². The highest BCUT2D eigenvalue weighted by Crippen LogP contribution is 1.89. The van der Waals surface area contributed by atoms with Crippen molar-refractivity contribution in [2.45, 2.75) is 52.5 Å². The maximum atomic E-state index is 11.2. The molecule has 15 heavy (non-hydrogen) atoms. The van der Waals surface area contributed by atoms with E-state index in [9.17, 15) is 9.59 Å². The maximum absolute atomic E-state index is 11.2. The monoisotopic (exact) mass is 214 g/mol. The fourth-order valence-electron chi connectivity index (χ4n) is 1.21. The molecular formula is C11H22N2O2. The lowest BCUT2D eigenvalue weighted by atomic mass is 10.2. The first kappa shape index (κ1) is 13.9. The Kier molecular flexibility index (Phi) is 7.68. The van der Waals surface area contributed by atoms with Gasteiger partial charge in [0.2, 0.25) is 11.8 Å². The molecule has 0 aliphatic heterocycles. The van der Waals surface area contributed by atoms with E-state index >= 15 is 0 Å². The molecule has 0 heterocycles. The molecule has 0 spiro atoms. The van der Waals surface area contributed by atoms with Gasteiger partial charge in [0.25, 0.3) is 0 Å². The van der Waals surface area contributed by atoms with Gasteiger partial charge in [-0.15, -0.1) is 0 Å². The first-order chi connectivity index (χ1) is 7.10. The molecule has 0 aromatic carbocycles. The molecule has 0 fully saturated rings. The van der Waals surface area contributed by atoms with Crippen LogP contribution in [0.5, 0.6) is 0 Å². The molecule has 0 saturated heterocycles. The Hall–Kier alpha value is -1.06. The second kappa shape index (κ2) is 8.26. The van der Waals surface area contributed by atoms with Crippen LogP contribution in [-0.2, 0) is 9.59 Å². The predicted molar refractivity (Wildman–Crippen MR) is 60.4 cm³/mol. The molecule has 0 aliphatic carbocycles. The Bertz CT molecular complexity index is 205. The van der Waals surface area contributed by atoms with Crippen LogP contribution in [0.2, 0.25) is 0 Å². The highest BCUT2D eigenvalue weighted by molar-refractivity contribution is 5.77. The van der Waals surface area contributed by atoms with Gasteiger partial charge < -0.3 is 10.6 Å². The minimum Gasteiger partial charge on any atom is -0.354 e. The van der Waals surface area contributed by atoms with Gasteiger partial charge in [-0.1, -0.05) is 13.8 Å². The van der Waals surface area contributed by atoms with Crippen molar-refractivity contribution in [2.24, 2.45) is 0 Å². The minimum absolute atomic E-state index is 0.00450. The summed E-state index contributed by atoms with van der Waals surface area (Å²) in [4.78, 5) is 22.3. The summed E-state index contributed by atoms with van der Waals surface area (Å²) in [6.45, 7) is 6.33. The third-order valence-electron chi connectivity index (χ3n) is 1.97. The van der Waals surface area contributed by atoms with Crippen molar-refractivity contribution in [3.8, 4) is 0 Å². The molecule has 2 N–H and O–H groups in total. The Morgan fingerprint density at radius 3 is 2.13 bits per heavy atom. The van der Waals surface area contributed by atoms with Crippen molar-refractivity contribution in [3.05, 3.63) is 0 Å². The molecule has 0 unspecified atom stereocenters. The highest BCUT2D eigenvalue weighted by atomic mass is 16.2. The smallest absolute Gasteiger partial charge is 0.220 e. The molecule has 0 rings (SSSR count). The molecule has 0 aromatic heterocycles. The molecule has 4 nitrogen and oxygen atoms in total. The summed E-state index contributed by atoms with van der Waals surface area (Å²) in [6, 6.07) is 0.00450. The number of rotatable bonds is 7. The van der Waals surface area contributed by atoms with Crippen molar-refractivity contribution in [1.29, 1.82) is 0 Å². The topological polar surface area (TPSA) is 58.2 Å². The Balaban J connectivity index is 3.60. The van der Waals surface area contributed by atoms with E-state index in [1.165, 1.54) is 0 Å². The van der Waals surface area contributed by atoms with Crippen LogP contribution in [0.4, 0.5) is 0 Å². The van der Waals surface area contributed by atoms with E-state index in [4.69, 9.17) is 0 Å². The zero-order valence-corrected chi connectivity index (χ0v) is 9.93. The summed E-state index contributed by atoms with van der Waals surface area (Å²) in [7, 11) is 0. The number of amides is 2. The molecule has 0 saturated carbocycles. The van der Waals surface area contributed by atoms with Crippen molar-refractivity contribution in [2.75, 3.05) is 6.54 Å². The van der Waals surface area contributed by atoms with E-state index in [1.54, 1.807) is 0 Å². The van der Waals surface area contributed by atoms with E-state index in [2.05, 4.69) is 10.6 Å². The van der Waals surface area contributed by atoms with Gasteiger partial charge in [-0.3, -0.25) is 9.59 Å². The lowest BCUT2D eigenvalue weighted by molar-refractivity contribution is -0.123. The van der Waals surface area contributed by atoms with Crippen molar-refractivity contribution >= 4 is 11.8 Å². The number of carbonyl (C=O) groups is 2. The SMILES string of the molecule is CCCC(=O)NC[C@H](C)NC(=O)CCC. The summed E-state index contributed by atoms with van der Waals surface area (Å²) in [6.07, 6.45) is 2.80. The fourth-order valence-corrected chi connectivity index (χ4v) is 1.21. The number of carbonyl (C=O) groups excluding carboxylic acids is 2. The maximum Gasteiger partial charge on any atom is 0.220 e. The van der Waals surface area contributed by atoms with Gasteiger partial charge in [0.15, 0.2) is 0 Å². The van der Waals surface area contributed by atoms with E-state index in [-0.39, 0.29) is 17.9 Å². The lowest BCUT2D eigenvalue weighted by Gasteiger charge is -2.14. The normalized spacial score (nSPS) is 11.9. The van der Waals surface area contributed by atoms with Crippen LogP contribution in [-0.4, -0.2) is 24.4 Å². The summed E-state index contributed by atoms with van der Waals surface area (Å²) in [5.74, 6) is 0.101. The average Bonchev–Trinajstić information content (AvgIpc) is 2.15. The quantitative estimate of drug-likeness (QED) is 0.669. The molecular weight excluding hydrogens is 192 g/mol. The predicted octanol–water partition coefficient (Wildman–Crippen LogP) is 1.21. The van der Waals surface area contributed by atoms with Crippen LogP contribution in [0, 0.1) is 0 Å². The first-order valence-corrected chi connectivity index (χ1v) is 5.66. The molecule has 88 valence electrons. The van der Waals surface area contributed by atoms with Crippen LogP contribution in [0.1, 0.15) is 46.5 Å². The van der Waals surface area contributed by atoms with E-state index in [0.717, 1.165) is 12.8 Å². The number of nitrogens with one attached hydrogen (secondary N) is 2. The molecule has 0 bridgehead atoms. The standard InChI is InChI=1S/C11H22N2O2/c1-4-6-10(14)12-8-9(3)13-11(15)7-5-2/h9H,4-8H2,1-3H3,(H,12,14)(H,13,15)/t9-/m0/s1. The summed E-state index contributed by atoms with van der Waals surface area (Å²) >= 11 is 0. The molecule has 4 heteroatoms. The number of hydrogen-bond acceptors (Lipinski definition) is 2. The minimum atomic E-state index is 0.00450. The Labute approximate surface area is 91.8 Å². The third kappa shape index (κ3) is 7.97. The Morgan fingerprint density at radius 1 is 1.07 bits per heavy atom. The molecule has 0 radical (unpaired) electrons. The van der Waals surface area contributed by atoms with Gasteiger partial charge in [0.1, 0.15) is 0 Å². The van der Waals surface area contributed by atoms with Gasteiger partial charge in [0, 0.05) is 25.4 Å². The molecule has 0 aromatic rings. The van der Waals surface area contributed by atoms with Crippen LogP contribution < -0.4 is 10.6 Å². The first-order valence-electron chi connectivity index (χ1n) is 5.66. The van der Waals surface area contributed by atoms with Gasteiger partial charge in [0.05, 0.1) is 0 Å². The van der Waals surface area contributed by atoms with E-state index in [0.29, 0.717) is 19.4 Å². The third-order valence-corrected chi connectivity index (χ3v) is 1.97. The highest BCUT2D eigenvalue weighted by Gasteiger charge is 2.07. The summed E-state index contributed by atoms with van der Waals surface area (Å²) < 4.78 is 0. The molecule has 2 amide bonds. The van der Waals surface area contributed by atoms with E-state index in [1.807, 2.05) is 20.8 Å².